The van der Waals surface area contributed by atoms with Crippen molar-refractivity contribution in [3.8, 4) is 11.4 Å². The molecule has 1 N–H and O–H groups in total. The summed E-state index contributed by atoms with van der Waals surface area (Å²) in [7, 11) is 1.23. The fourth-order valence-corrected chi connectivity index (χ4v) is 1.85. The monoisotopic (exact) mass is 315 g/mol. The van der Waals surface area contributed by atoms with Crippen molar-refractivity contribution in [3.63, 3.8) is 0 Å². The van der Waals surface area contributed by atoms with Crippen LogP contribution in [0.4, 0.5) is 10.1 Å². The molecule has 0 radical (unpaired) electrons. The molecule has 110 valence electrons. The van der Waals surface area contributed by atoms with Gasteiger partial charge in [-0.2, -0.15) is 4.39 Å². The summed E-state index contributed by atoms with van der Waals surface area (Å²) in [5.41, 5.74) is -3.00. The van der Waals surface area contributed by atoms with Crippen molar-refractivity contribution in [2.75, 3.05) is 7.11 Å². The molecule has 0 fully saturated rings. The van der Waals surface area contributed by atoms with Crippen molar-refractivity contribution in [1.82, 2.24) is 9.55 Å². The summed E-state index contributed by atoms with van der Waals surface area (Å²) in [6.45, 7) is 0. The second kappa shape index (κ2) is 5.37. The van der Waals surface area contributed by atoms with Crippen LogP contribution >= 0.6 is 11.6 Å². The van der Waals surface area contributed by atoms with E-state index in [1.165, 1.54) is 19.2 Å². The average Bonchev–Trinajstić information content (AvgIpc) is 2.44. The normalized spacial score (nSPS) is 10.4. The Hall–Kier alpha value is -2.68. The van der Waals surface area contributed by atoms with Crippen molar-refractivity contribution in [2.24, 2.45) is 0 Å². The van der Waals surface area contributed by atoms with Crippen LogP contribution < -0.4 is 16.0 Å². The molecule has 0 atom stereocenters. The van der Waals surface area contributed by atoms with Gasteiger partial charge in [0.2, 0.25) is 5.82 Å². The third-order valence-electron chi connectivity index (χ3n) is 2.62. The van der Waals surface area contributed by atoms with Crippen molar-refractivity contribution in [1.29, 1.82) is 0 Å². The van der Waals surface area contributed by atoms with Gasteiger partial charge in [-0.3, -0.25) is 19.9 Å². The van der Waals surface area contributed by atoms with E-state index in [2.05, 4.69) is 0 Å². The quantitative estimate of drug-likeness (QED) is 0.521. The molecule has 1 aromatic heterocycles. The van der Waals surface area contributed by atoms with Crippen LogP contribution in [0.5, 0.6) is 5.75 Å². The topological polar surface area (TPSA) is 107 Å². The van der Waals surface area contributed by atoms with Gasteiger partial charge in [0.15, 0.2) is 10.9 Å². The number of rotatable bonds is 3. The number of aromatic nitrogens is 2. The van der Waals surface area contributed by atoms with Crippen LogP contribution in [0, 0.1) is 15.9 Å². The molecule has 21 heavy (non-hydrogen) atoms. The fraction of sp³-hybridized carbons (Fsp3) is 0.0909. The van der Waals surface area contributed by atoms with Crippen LogP contribution in [0.2, 0.25) is 5.15 Å². The number of hydrogen-bond donors (Lipinski definition) is 1. The van der Waals surface area contributed by atoms with Crippen molar-refractivity contribution in [3.05, 3.63) is 60.1 Å². The van der Waals surface area contributed by atoms with Crippen LogP contribution in [0.1, 0.15) is 0 Å². The summed E-state index contributed by atoms with van der Waals surface area (Å²) in [4.78, 5) is 35.5. The van der Waals surface area contributed by atoms with Gasteiger partial charge in [0, 0.05) is 6.07 Å². The van der Waals surface area contributed by atoms with Gasteiger partial charge >= 0.3 is 11.4 Å². The second-order valence-corrected chi connectivity index (χ2v) is 4.19. The van der Waals surface area contributed by atoms with Crippen molar-refractivity contribution in [2.45, 2.75) is 0 Å². The zero-order valence-corrected chi connectivity index (χ0v) is 11.2. The van der Waals surface area contributed by atoms with E-state index in [0.717, 1.165) is 6.07 Å². The number of benzene rings is 1. The maximum atomic E-state index is 13.5. The van der Waals surface area contributed by atoms with Gasteiger partial charge in [-0.1, -0.05) is 11.6 Å². The van der Waals surface area contributed by atoms with E-state index in [4.69, 9.17) is 16.3 Å². The average molecular weight is 316 g/mol. The maximum Gasteiger partial charge on any atom is 0.334 e. The lowest BCUT2D eigenvalue weighted by molar-refractivity contribution is -0.385. The van der Waals surface area contributed by atoms with Gasteiger partial charge in [-0.15, -0.1) is 0 Å². The molecule has 2 rings (SSSR count). The van der Waals surface area contributed by atoms with Gasteiger partial charge in [-0.05, 0) is 12.1 Å². The van der Waals surface area contributed by atoms with Gasteiger partial charge in [0.1, 0.15) is 0 Å². The molecule has 1 aromatic carbocycles. The highest BCUT2D eigenvalue weighted by atomic mass is 35.5. The summed E-state index contributed by atoms with van der Waals surface area (Å²) in [5, 5.41) is 10.2. The number of nitrogens with zero attached hydrogens (tertiary/aromatic N) is 2. The van der Waals surface area contributed by atoms with Crippen LogP contribution in [0.15, 0.2) is 27.8 Å². The Kier molecular flexibility index (Phi) is 3.76. The molecular weight excluding hydrogens is 309 g/mol. The number of H-pyrrole nitrogens is 1. The van der Waals surface area contributed by atoms with Crippen LogP contribution in [0.3, 0.4) is 0 Å². The maximum absolute atomic E-state index is 13.5. The lowest BCUT2D eigenvalue weighted by Gasteiger charge is -2.07. The molecule has 1 heterocycles. The van der Waals surface area contributed by atoms with Gasteiger partial charge in [0.05, 0.1) is 17.7 Å². The Labute approximate surface area is 120 Å². The molecule has 8 nitrogen and oxygen atoms in total. The van der Waals surface area contributed by atoms with E-state index >= 15 is 0 Å². The highest BCUT2D eigenvalue weighted by Gasteiger charge is 2.19. The molecule has 0 unspecified atom stereocenters. The number of nitrogens with one attached hydrogen (secondary N) is 1. The summed E-state index contributed by atoms with van der Waals surface area (Å²) in [6.07, 6.45) is 0. The Morgan fingerprint density at radius 1 is 1.43 bits per heavy atom. The Bertz CT molecular complexity index is 845. The SMILES string of the molecule is COc1ccc(-n2c(=O)[nH]c(Cl)c(F)c2=O)cc1[N+](=O)[O-]. The van der Waals surface area contributed by atoms with Crippen molar-refractivity contribution < 1.29 is 14.1 Å². The molecule has 0 aliphatic heterocycles. The van der Waals surface area contributed by atoms with E-state index in [9.17, 15) is 24.1 Å². The minimum absolute atomic E-state index is 0.0670. The van der Waals surface area contributed by atoms with Crippen LogP contribution in [0.25, 0.3) is 5.69 Å². The largest absolute Gasteiger partial charge is 0.490 e. The summed E-state index contributed by atoms with van der Waals surface area (Å²) >= 11 is 5.34. The van der Waals surface area contributed by atoms with E-state index in [1.54, 1.807) is 0 Å². The van der Waals surface area contributed by atoms with Crippen LogP contribution in [-0.4, -0.2) is 21.6 Å². The Balaban J connectivity index is 2.78. The van der Waals surface area contributed by atoms with Crippen LogP contribution in [-0.2, 0) is 0 Å². The highest BCUT2D eigenvalue weighted by molar-refractivity contribution is 6.29. The molecule has 0 amide bonds. The lowest BCUT2D eigenvalue weighted by atomic mass is 10.2. The number of methoxy groups -OCH3 is 1. The van der Waals surface area contributed by atoms with E-state index in [0.29, 0.717) is 4.57 Å². The Morgan fingerprint density at radius 2 is 2.10 bits per heavy atom. The molecule has 0 aliphatic carbocycles. The molecular formula is C11H7ClFN3O5. The molecule has 10 heteroatoms. The number of aromatic amines is 1. The summed E-state index contributed by atoms with van der Waals surface area (Å²) in [5.74, 6) is -1.43. The number of nitro benzene ring substituents is 1. The first kappa shape index (κ1) is 14.7. The first-order valence-corrected chi connectivity index (χ1v) is 5.77. The number of hydrogen-bond acceptors (Lipinski definition) is 5. The second-order valence-electron chi connectivity index (χ2n) is 3.81. The minimum atomic E-state index is -1.37. The summed E-state index contributed by atoms with van der Waals surface area (Å²) in [6, 6.07) is 3.31. The molecule has 0 saturated carbocycles. The van der Waals surface area contributed by atoms with Gasteiger partial charge in [-0.25, -0.2) is 9.36 Å². The standard InChI is InChI=1S/C11H7ClFN3O5/c1-21-7-3-2-5(4-6(7)16(19)20)15-10(17)8(13)9(12)14-11(15)18/h2-4H,1H3,(H,14,18). The smallest absolute Gasteiger partial charge is 0.334 e. The van der Waals surface area contributed by atoms with E-state index < -0.39 is 32.8 Å². The minimum Gasteiger partial charge on any atom is -0.490 e. The lowest BCUT2D eigenvalue weighted by Crippen LogP contribution is -2.35. The zero-order chi connectivity index (χ0) is 15.7. The van der Waals surface area contributed by atoms with E-state index in [-0.39, 0.29) is 11.4 Å². The van der Waals surface area contributed by atoms with Crippen molar-refractivity contribution >= 4 is 17.3 Å². The molecule has 2 aromatic rings. The molecule has 0 saturated heterocycles. The predicted molar refractivity (Wildman–Crippen MR) is 70.8 cm³/mol. The number of halogens is 2. The summed E-state index contributed by atoms with van der Waals surface area (Å²) < 4.78 is 18.7. The zero-order valence-electron chi connectivity index (χ0n) is 10.4. The van der Waals surface area contributed by atoms with Gasteiger partial charge < -0.3 is 4.74 Å². The molecule has 0 bridgehead atoms. The number of ether oxygens (including phenoxy) is 1. The number of nitro groups is 1. The first-order chi connectivity index (χ1) is 9.86. The Morgan fingerprint density at radius 3 is 2.67 bits per heavy atom. The third kappa shape index (κ3) is 2.50. The first-order valence-electron chi connectivity index (χ1n) is 5.40. The fourth-order valence-electron chi connectivity index (χ4n) is 1.68. The predicted octanol–water partition coefficient (Wildman–Crippen LogP) is 1.24. The molecule has 0 aliphatic rings. The van der Waals surface area contributed by atoms with Gasteiger partial charge in [0.25, 0.3) is 5.56 Å². The molecule has 0 spiro atoms. The third-order valence-corrected chi connectivity index (χ3v) is 2.88. The van der Waals surface area contributed by atoms with E-state index in [1.807, 2.05) is 4.98 Å². The highest BCUT2D eigenvalue weighted by Crippen LogP contribution is 2.28.